The summed E-state index contributed by atoms with van der Waals surface area (Å²) < 4.78 is 0. The second kappa shape index (κ2) is 2.64. The number of carbonyl (C=O) groups is 2. The maximum absolute atomic E-state index is 10.9. The van der Waals surface area contributed by atoms with E-state index in [0.717, 1.165) is 0 Å². The highest BCUT2D eigenvalue weighted by molar-refractivity contribution is 6.20. The fraction of sp³-hybridized carbons (Fsp3) is 0.429. The monoisotopic (exact) mass is 139 g/mol. The molecule has 1 N–H and O–H groups in total. The molecule has 0 unspecified atom stereocenters. The molecule has 1 rings (SSSR count). The molecule has 0 spiro atoms. The van der Waals surface area contributed by atoms with E-state index < -0.39 is 0 Å². The number of rotatable bonds is 0. The molecule has 1 aliphatic rings. The van der Waals surface area contributed by atoms with E-state index in [-0.39, 0.29) is 11.7 Å². The third-order valence-corrected chi connectivity index (χ3v) is 1.47. The number of hydrogen-bond donors (Lipinski definition) is 1. The van der Waals surface area contributed by atoms with Crippen LogP contribution in [0.1, 0.15) is 13.3 Å². The number of piperidine rings is 1. The van der Waals surface area contributed by atoms with E-state index in [9.17, 15) is 9.59 Å². The van der Waals surface area contributed by atoms with Crippen molar-refractivity contribution < 1.29 is 9.59 Å². The van der Waals surface area contributed by atoms with Crippen molar-refractivity contribution >= 4 is 11.7 Å². The minimum Gasteiger partial charge on any atom is -0.351 e. The summed E-state index contributed by atoms with van der Waals surface area (Å²) in [4.78, 5) is 21.7. The summed E-state index contributed by atoms with van der Waals surface area (Å²) in [6.07, 6.45) is 1.99. The topological polar surface area (TPSA) is 46.2 Å². The van der Waals surface area contributed by atoms with Crippen LogP contribution in [0.2, 0.25) is 0 Å². The second-order valence-corrected chi connectivity index (χ2v) is 2.13. The van der Waals surface area contributed by atoms with Crippen molar-refractivity contribution in [3.8, 4) is 0 Å². The van der Waals surface area contributed by atoms with Crippen molar-refractivity contribution in [1.29, 1.82) is 0 Å². The average molecular weight is 139 g/mol. The number of hydrogen-bond acceptors (Lipinski definition) is 2. The third-order valence-electron chi connectivity index (χ3n) is 1.47. The van der Waals surface area contributed by atoms with Crippen LogP contribution in [0.4, 0.5) is 0 Å². The van der Waals surface area contributed by atoms with Crippen LogP contribution < -0.4 is 5.32 Å². The molecule has 1 fully saturated rings. The number of amides is 1. The molecule has 1 amide bonds. The number of Topliss-reactive ketones (excluding diaryl/α,β-unsaturated/α-hetero) is 1. The maximum Gasteiger partial charge on any atom is 0.254 e. The lowest BCUT2D eigenvalue weighted by atomic mass is 10.0. The van der Waals surface area contributed by atoms with E-state index in [2.05, 4.69) is 5.32 Å². The molecule has 0 aromatic rings. The van der Waals surface area contributed by atoms with Crippen LogP contribution in [0.5, 0.6) is 0 Å². The highest BCUT2D eigenvalue weighted by atomic mass is 16.2. The Hall–Kier alpha value is -1.12. The van der Waals surface area contributed by atoms with E-state index in [1.807, 2.05) is 0 Å². The molecule has 0 radical (unpaired) electrons. The number of nitrogens with one attached hydrogen (secondary N) is 1. The first-order chi connectivity index (χ1) is 4.75. The molecule has 54 valence electrons. The van der Waals surface area contributed by atoms with Gasteiger partial charge in [0, 0.05) is 13.0 Å². The second-order valence-electron chi connectivity index (χ2n) is 2.13. The highest BCUT2D eigenvalue weighted by Gasteiger charge is 2.20. The largest absolute Gasteiger partial charge is 0.351 e. The Morgan fingerprint density at radius 2 is 2.20 bits per heavy atom. The molecule has 1 heterocycles. The zero-order valence-corrected chi connectivity index (χ0v) is 5.81. The van der Waals surface area contributed by atoms with Gasteiger partial charge in [-0.2, -0.15) is 0 Å². The molecule has 1 saturated heterocycles. The van der Waals surface area contributed by atoms with Crippen LogP contribution in [-0.4, -0.2) is 18.2 Å². The van der Waals surface area contributed by atoms with Crippen LogP contribution in [0, 0.1) is 0 Å². The zero-order chi connectivity index (χ0) is 7.56. The Morgan fingerprint density at radius 1 is 1.50 bits per heavy atom. The van der Waals surface area contributed by atoms with Crippen LogP contribution >= 0.6 is 0 Å². The smallest absolute Gasteiger partial charge is 0.254 e. The fourth-order valence-corrected chi connectivity index (χ4v) is 0.938. The molecule has 0 aliphatic carbocycles. The fourth-order valence-electron chi connectivity index (χ4n) is 0.938. The van der Waals surface area contributed by atoms with Gasteiger partial charge in [0.25, 0.3) is 5.91 Å². The number of ketones is 1. The first kappa shape index (κ1) is 6.99. The molecule has 0 saturated carbocycles. The van der Waals surface area contributed by atoms with E-state index >= 15 is 0 Å². The first-order valence-electron chi connectivity index (χ1n) is 3.23. The van der Waals surface area contributed by atoms with Gasteiger partial charge in [-0.1, -0.05) is 6.08 Å². The molecule has 10 heavy (non-hydrogen) atoms. The molecule has 0 atom stereocenters. The summed E-state index contributed by atoms with van der Waals surface area (Å²) in [6, 6.07) is 0. The van der Waals surface area contributed by atoms with E-state index in [4.69, 9.17) is 0 Å². The standard InChI is InChI=1S/C7H9NO2/c1-2-5-6(9)3-4-8-7(5)10/h2H,3-4H2,1H3,(H,8,10)/b5-2+. The lowest BCUT2D eigenvalue weighted by molar-refractivity contribution is -0.124. The van der Waals surface area contributed by atoms with Gasteiger partial charge >= 0.3 is 0 Å². The van der Waals surface area contributed by atoms with Gasteiger partial charge in [-0.15, -0.1) is 0 Å². The van der Waals surface area contributed by atoms with Gasteiger partial charge in [-0.3, -0.25) is 9.59 Å². The van der Waals surface area contributed by atoms with E-state index in [0.29, 0.717) is 18.5 Å². The van der Waals surface area contributed by atoms with E-state index in [1.54, 1.807) is 13.0 Å². The Kier molecular flexibility index (Phi) is 1.85. The summed E-state index contributed by atoms with van der Waals surface area (Å²) in [7, 11) is 0. The molecular weight excluding hydrogens is 130 g/mol. The van der Waals surface area contributed by atoms with Crippen LogP contribution in [0.15, 0.2) is 11.6 Å². The predicted octanol–water partition coefficient (Wildman–Crippen LogP) is 0.0217. The molecule has 3 nitrogen and oxygen atoms in total. The predicted molar refractivity (Wildman–Crippen MR) is 36.4 cm³/mol. The van der Waals surface area contributed by atoms with Gasteiger partial charge in [0.2, 0.25) is 0 Å². The van der Waals surface area contributed by atoms with Crippen molar-refractivity contribution in [3.63, 3.8) is 0 Å². The van der Waals surface area contributed by atoms with Gasteiger partial charge in [0.15, 0.2) is 5.78 Å². The summed E-state index contributed by atoms with van der Waals surface area (Å²) in [5.74, 6) is -0.287. The van der Waals surface area contributed by atoms with Crippen molar-refractivity contribution in [2.24, 2.45) is 0 Å². The summed E-state index contributed by atoms with van der Waals surface area (Å²) in [5, 5.41) is 2.59. The van der Waals surface area contributed by atoms with Crippen molar-refractivity contribution in [1.82, 2.24) is 5.32 Å². The van der Waals surface area contributed by atoms with Crippen LogP contribution in [0.25, 0.3) is 0 Å². The number of carbonyl (C=O) groups excluding carboxylic acids is 2. The van der Waals surface area contributed by atoms with Crippen LogP contribution in [-0.2, 0) is 9.59 Å². The zero-order valence-electron chi connectivity index (χ0n) is 5.81. The SMILES string of the molecule is C/C=C1\C(=O)CCNC1=O. The molecular formula is C7H9NO2. The third kappa shape index (κ3) is 1.07. The highest BCUT2D eigenvalue weighted by Crippen LogP contribution is 2.04. The molecule has 1 aliphatic heterocycles. The first-order valence-corrected chi connectivity index (χ1v) is 3.23. The Labute approximate surface area is 59.1 Å². The average Bonchev–Trinajstić information content (AvgIpc) is 1.88. The Balaban J connectivity index is 2.83. The Morgan fingerprint density at radius 3 is 2.60 bits per heavy atom. The lowest BCUT2D eigenvalue weighted by Gasteiger charge is -2.12. The lowest BCUT2D eigenvalue weighted by Crippen LogP contribution is -2.36. The maximum atomic E-state index is 10.9. The van der Waals surface area contributed by atoms with Crippen molar-refractivity contribution in [2.45, 2.75) is 13.3 Å². The summed E-state index contributed by atoms with van der Waals surface area (Å²) >= 11 is 0. The molecule has 0 aromatic heterocycles. The molecule has 0 aromatic carbocycles. The van der Waals surface area contributed by atoms with Crippen molar-refractivity contribution in [2.75, 3.05) is 6.54 Å². The minimum absolute atomic E-state index is 0.0498. The summed E-state index contributed by atoms with van der Waals surface area (Å²) in [6.45, 7) is 2.17. The van der Waals surface area contributed by atoms with Gasteiger partial charge in [-0.05, 0) is 6.92 Å². The van der Waals surface area contributed by atoms with Gasteiger partial charge < -0.3 is 5.32 Å². The quantitative estimate of drug-likeness (QED) is 0.380. The molecule has 3 heteroatoms. The van der Waals surface area contributed by atoms with E-state index in [1.165, 1.54) is 0 Å². The van der Waals surface area contributed by atoms with Gasteiger partial charge in [0.05, 0.1) is 5.57 Å². The minimum atomic E-state index is -0.237. The normalized spacial score (nSPS) is 23.1. The van der Waals surface area contributed by atoms with Gasteiger partial charge in [-0.25, -0.2) is 0 Å². The molecule has 0 bridgehead atoms. The van der Waals surface area contributed by atoms with Gasteiger partial charge in [0.1, 0.15) is 0 Å². The van der Waals surface area contributed by atoms with Crippen molar-refractivity contribution in [3.05, 3.63) is 11.6 Å². The summed E-state index contributed by atoms with van der Waals surface area (Å²) in [5.41, 5.74) is 0.297. The Bertz CT molecular complexity index is 188. The van der Waals surface area contributed by atoms with Crippen LogP contribution in [0.3, 0.4) is 0 Å². The number of allylic oxidation sites excluding steroid dienone is 1.